The second kappa shape index (κ2) is 4.11. The van der Waals surface area contributed by atoms with Crippen LogP contribution in [0.25, 0.3) is 22.3 Å². The molecule has 88 valence electrons. The number of rotatable bonds is 1. The predicted octanol–water partition coefficient (Wildman–Crippen LogP) is 3.19. The van der Waals surface area contributed by atoms with E-state index in [1.165, 1.54) is 0 Å². The molecule has 0 atom stereocenters. The third-order valence-electron chi connectivity index (χ3n) is 3.09. The molecular formula is C15H13N3. The number of anilines is 1. The monoisotopic (exact) mass is 235 g/mol. The topological polar surface area (TPSA) is 51.8 Å². The van der Waals surface area contributed by atoms with E-state index in [-0.39, 0.29) is 0 Å². The molecule has 3 rings (SSSR count). The van der Waals surface area contributed by atoms with E-state index in [9.17, 15) is 0 Å². The lowest BCUT2D eigenvalue weighted by atomic mass is 10.1. The first-order valence-corrected chi connectivity index (χ1v) is 5.83. The summed E-state index contributed by atoms with van der Waals surface area (Å²) in [6.07, 6.45) is 1.77. The van der Waals surface area contributed by atoms with Crippen molar-refractivity contribution in [3.8, 4) is 11.4 Å². The molecular weight excluding hydrogens is 222 g/mol. The highest BCUT2D eigenvalue weighted by molar-refractivity contribution is 5.94. The van der Waals surface area contributed by atoms with Crippen LogP contribution in [-0.2, 0) is 0 Å². The molecule has 3 nitrogen and oxygen atoms in total. The fraction of sp³-hybridized carbons (Fsp3) is 0.0667. The number of nitrogens with zero attached hydrogens (tertiary/aromatic N) is 2. The van der Waals surface area contributed by atoms with Crippen molar-refractivity contribution in [2.45, 2.75) is 6.92 Å². The maximum Gasteiger partial charge on any atom is 0.0943 e. The van der Waals surface area contributed by atoms with Crippen LogP contribution in [0.3, 0.4) is 0 Å². The van der Waals surface area contributed by atoms with Crippen LogP contribution in [-0.4, -0.2) is 9.97 Å². The summed E-state index contributed by atoms with van der Waals surface area (Å²) in [5.74, 6) is 0. The highest BCUT2D eigenvalue weighted by atomic mass is 14.8. The van der Waals surface area contributed by atoms with Gasteiger partial charge in [0.05, 0.1) is 16.9 Å². The molecule has 2 heterocycles. The highest BCUT2D eigenvalue weighted by Gasteiger charge is 2.11. The quantitative estimate of drug-likeness (QED) is 0.704. The molecule has 2 N–H and O–H groups in total. The van der Waals surface area contributed by atoms with Crippen molar-refractivity contribution in [2.75, 3.05) is 5.73 Å². The summed E-state index contributed by atoms with van der Waals surface area (Å²) in [7, 11) is 0. The summed E-state index contributed by atoms with van der Waals surface area (Å²) in [6, 6.07) is 13.7. The van der Waals surface area contributed by atoms with E-state index < -0.39 is 0 Å². The zero-order valence-electron chi connectivity index (χ0n) is 10.1. The van der Waals surface area contributed by atoms with E-state index in [4.69, 9.17) is 5.73 Å². The number of fused-ring (bicyclic) bond motifs is 1. The summed E-state index contributed by atoms with van der Waals surface area (Å²) in [4.78, 5) is 9.00. The van der Waals surface area contributed by atoms with Crippen LogP contribution in [0.2, 0.25) is 0 Å². The van der Waals surface area contributed by atoms with E-state index in [0.29, 0.717) is 0 Å². The summed E-state index contributed by atoms with van der Waals surface area (Å²) in [5, 5.41) is 0.995. The highest BCUT2D eigenvalue weighted by Crippen LogP contribution is 2.29. The summed E-state index contributed by atoms with van der Waals surface area (Å²) in [5.41, 5.74) is 10.6. The Morgan fingerprint density at radius 3 is 2.56 bits per heavy atom. The van der Waals surface area contributed by atoms with Crippen LogP contribution in [0.15, 0.2) is 48.7 Å². The molecule has 0 aliphatic rings. The second-order valence-corrected chi connectivity index (χ2v) is 4.23. The average molecular weight is 235 g/mol. The van der Waals surface area contributed by atoms with E-state index in [1.54, 1.807) is 6.20 Å². The first-order chi connectivity index (χ1) is 8.77. The molecule has 1 aromatic carbocycles. The zero-order chi connectivity index (χ0) is 12.5. The fourth-order valence-electron chi connectivity index (χ4n) is 2.08. The van der Waals surface area contributed by atoms with Crippen molar-refractivity contribution in [3.05, 3.63) is 54.2 Å². The number of hydrogen-bond donors (Lipinski definition) is 1. The molecule has 0 spiro atoms. The zero-order valence-corrected chi connectivity index (χ0v) is 10.1. The van der Waals surface area contributed by atoms with Crippen molar-refractivity contribution in [3.63, 3.8) is 0 Å². The number of nitrogens with two attached hydrogens (primary N) is 1. The van der Waals surface area contributed by atoms with Crippen LogP contribution in [0.1, 0.15) is 5.56 Å². The van der Waals surface area contributed by atoms with Crippen molar-refractivity contribution < 1.29 is 0 Å². The lowest BCUT2D eigenvalue weighted by Gasteiger charge is -2.10. The van der Waals surface area contributed by atoms with Crippen LogP contribution in [0, 0.1) is 6.92 Å². The van der Waals surface area contributed by atoms with Crippen LogP contribution in [0.4, 0.5) is 5.69 Å². The van der Waals surface area contributed by atoms with Gasteiger partial charge in [0.25, 0.3) is 0 Å². The number of benzene rings is 1. The number of hydrogen-bond acceptors (Lipinski definition) is 3. The Balaban J connectivity index is 2.34. The Labute approximate surface area is 105 Å². The minimum Gasteiger partial charge on any atom is -0.398 e. The van der Waals surface area contributed by atoms with Gasteiger partial charge in [-0.25, -0.2) is 4.98 Å². The normalized spacial score (nSPS) is 10.7. The first-order valence-electron chi connectivity index (χ1n) is 5.83. The molecule has 18 heavy (non-hydrogen) atoms. The van der Waals surface area contributed by atoms with E-state index >= 15 is 0 Å². The predicted molar refractivity (Wildman–Crippen MR) is 74.1 cm³/mol. The van der Waals surface area contributed by atoms with Gasteiger partial charge in [-0.1, -0.05) is 24.3 Å². The molecule has 0 aliphatic carbocycles. The van der Waals surface area contributed by atoms with Gasteiger partial charge in [-0.05, 0) is 25.1 Å². The Morgan fingerprint density at radius 2 is 1.78 bits per heavy atom. The molecule has 0 aliphatic heterocycles. The maximum atomic E-state index is 6.19. The van der Waals surface area contributed by atoms with E-state index in [1.807, 2.05) is 49.4 Å². The van der Waals surface area contributed by atoms with Gasteiger partial charge in [0.1, 0.15) is 0 Å². The molecule has 0 saturated carbocycles. The number of nitrogen functional groups attached to an aromatic ring is 1. The molecule has 0 amide bonds. The minimum atomic E-state index is 0.779. The van der Waals surface area contributed by atoms with Gasteiger partial charge in [-0.3, -0.25) is 4.98 Å². The molecule has 0 unspecified atom stereocenters. The maximum absolute atomic E-state index is 6.19. The van der Waals surface area contributed by atoms with Crippen molar-refractivity contribution in [2.24, 2.45) is 0 Å². The lowest BCUT2D eigenvalue weighted by molar-refractivity contribution is 1.25. The largest absolute Gasteiger partial charge is 0.398 e. The second-order valence-electron chi connectivity index (χ2n) is 4.23. The average Bonchev–Trinajstić information content (AvgIpc) is 2.44. The number of para-hydroxylation sites is 1. The summed E-state index contributed by atoms with van der Waals surface area (Å²) >= 11 is 0. The van der Waals surface area contributed by atoms with Gasteiger partial charge in [0.15, 0.2) is 0 Å². The van der Waals surface area contributed by atoms with Gasteiger partial charge in [-0.2, -0.15) is 0 Å². The Hall–Kier alpha value is -2.42. The summed E-state index contributed by atoms with van der Waals surface area (Å²) in [6.45, 7) is 1.98. The molecule has 0 bridgehead atoms. The fourth-order valence-corrected chi connectivity index (χ4v) is 2.08. The molecule has 0 saturated heterocycles. The third kappa shape index (κ3) is 1.61. The van der Waals surface area contributed by atoms with Gasteiger partial charge in [-0.15, -0.1) is 0 Å². The molecule has 0 fully saturated rings. The van der Waals surface area contributed by atoms with Crippen molar-refractivity contribution >= 4 is 16.6 Å². The van der Waals surface area contributed by atoms with E-state index in [2.05, 4.69) is 9.97 Å². The number of pyridine rings is 2. The van der Waals surface area contributed by atoms with Crippen LogP contribution in [0.5, 0.6) is 0 Å². The molecule has 3 aromatic rings. The lowest BCUT2D eigenvalue weighted by Crippen LogP contribution is -1.98. The molecule has 0 radical (unpaired) electrons. The molecule has 2 aromatic heterocycles. The SMILES string of the molecule is Cc1c(-c2ccccn2)nc2ccccc2c1N. The third-order valence-corrected chi connectivity index (χ3v) is 3.09. The Bertz CT molecular complexity index is 706. The van der Waals surface area contributed by atoms with E-state index in [0.717, 1.165) is 33.5 Å². The first kappa shape index (κ1) is 10.7. The smallest absolute Gasteiger partial charge is 0.0943 e. The van der Waals surface area contributed by atoms with Crippen LogP contribution < -0.4 is 5.73 Å². The Kier molecular flexibility index (Phi) is 2.45. The van der Waals surface area contributed by atoms with Gasteiger partial charge < -0.3 is 5.73 Å². The molecule has 3 heteroatoms. The standard InChI is InChI=1S/C15H13N3/c1-10-14(16)11-6-2-3-7-12(11)18-15(10)13-8-4-5-9-17-13/h2-9H,1H3,(H2,16,18). The van der Waals surface area contributed by atoms with Gasteiger partial charge in [0.2, 0.25) is 0 Å². The van der Waals surface area contributed by atoms with Crippen LogP contribution >= 0.6 is 0 Å². The Morgan fingerprint density at radius 1 is 1.00 bits per heavy atom. The van der Waals surface area contributed by atoms with Gasteiger partial charge in [0, 0.05) is 22.8 Å². The number of aromatic nitrogens is 2. The van der Waals surface area contributed by atoms with Gasteiger partial charge >= 0.3 is 0 Å². The van der Waals surface area contributed by atoms with Crippen molar-refractivity contribution in [1.82, 2.24) is 9.97 Å². The van der Waals surface area contributed by atoms with Crippen molar-refractivity contribution in [1.29, 1.82) is 0 Å². The minimum absolute atomic E-state index is 0.779. The summed E-state index contributed by atoms with van der Waals surface area (Å²) < 4.78 is 0.